The number of carbonyl (C=O) groups excluding carboxylic acids is 2. The number of fused-ring (bicyclic) bond motifs is 1. The van der Waals surface area contributed by atoms with Crippen LogP contribution in [0, 0.1) is 0 Å². The first kappa shape index (κ1) is 24.1. The molecule has 9 nitrogen and oxygen atoms in total. The molecule has 0 spiro atoms. The maximum absolute atomic E-state index is 13.1. The largest absolute Gasteiger partial charge is 0.497 e. The third-order valence-electron chi connectivity index (χ3n) is 6.13. The van der Waals surface area contributed by atoms with Gasteiger partial charge < -0.3 is 24.0 Å². The summed E-state index contributed by atoms with van der Waals surface area (Å²) in [7, 11) is 6.54. The Morgan fingerprint density at radius 2 is 1.77 bits per heavy atom. The SMILES string of the molecule is COc1cccc(CN2CCn3nc(C(=O)N(C)CCc4ccc(OC)c(OC)c4)cc3C2=O)c1. The number of hydrogen-bond donors (Lipinski definition) is 0. The zero-order chi connectivity index (χ0) is 24.9. The molecule has 0 saturated carbocycles. The molecule has 0 saturated heterocycles. The number of benzene rings is 2. The van der Waals surface area contributed by atoms with E-state index in [1.807, 2.05) is 42.5 Å². The molecule has 1 aliphatic heterocycles. The Balaban J connectivity index is 1.40. The highest BCUT2D eigenvalue weighted by atomic mass is 16.5. The van der Waals surface area contributed by atoms with Gasteiger partial charge in [0.05, 0.1) is 27.9 Å². The van der Waals surface area contributed by atoms with Gasteiger partial charge in [0.15, 0.2) is 17.2 Å². The monoisotopic (exact) mass is 478 g/mol. The second-order valence-corrected chi connectivity index (χ2v) is 8.38. The van der Waals surface area contributed by atoms with E-state index in [9.17, 15) is 9.59 Å². The van der Waals surface area contributed by atoms with Crippen LogP contribution in [0.2, 0.25) is 0 Å². The summed E-state index contributed by atoms with van der Waals surface area (Å²) in [6, 6.07) is 15.0. The van der Waals surface area contributed by atoms with Gasteiger partial charge in [-0.3, -0.25) is 14.3 Å². The third-order valence-corrected chi connectivity index (χ3v) is 6.13. The lowest BCUT2D eigenvalue weighted by Crippen LogP contribution is -2.39. The number of hydrogen-bond acceptors (Lipinski definition) is 6. The van der Waals surface area contributed by atoms with Gasteiger partial charge in [-0.1, -0.05) is 18.2 Å². The molecule has 2 aromatic carbocycles. The van der Waals surface area contributed by atoms with Crippen molar-refractivity contribution in [1.82, 2.24) is 19.6 Å². The van der Waals surface area contributed by atoms with Crippen LogP contribution in [-0.2, 0) is 19.5 Å². The van der Waals surface area contributed by atoms with Gasteiger partial charge in [0, 0.05) is 32.7 Å². The Morgan fingerprint density at radius 3 is 2.51 bits per heavy atom. The Morgan fingerprint density at radius 1 is 0.971 bits per heavy atom. The normalized spacial score (nSPS) is 12.8. The molecule has 0 unspecified atom stereocenters. The van der Waals surface area contributed by atoms with E-state index in [-0.39, 0.29) is 17.5 Å². The molecule has 2 heterocycles. The van der Waals surface area contributed by atoms with Gasteiger partial charge in [-0.25, -0.2) is 0 Å². The number of nitrogens with zero attached hydrogens (tertiary/aromatic N) is 4. The van der Waals surface area contributed by atoms with Crippen molar-refractivity contribution in [3.05, 3.63) is 71.0 Å². The molecule has 3 aromatic rings. The second kappa shape index (κ2) is 10.5. The Bertz CT molecular complexity index is 1220. The minimum atomic E-state index is -0.223. The van der Waals surface area contributed by atoms with Gasteiger partial charge in [0.1, 0.15) is 11.4 Å². The summed E-state index contributed by atoms with van der Waals surface area (Å²) in [5.74, 6) is 1.70. The van der Waals surface area contributed by atoms with Crippen LogP contribution in [0.5, 0.6) is 17.2 Å². The smallest absolute Gasteiger partial charge is 0.274 e. The Kier molecular flexibility index (Phi) is 7.24. The fourth-order valence-electron chi connectivity index (χ4n) is 4.11. The number of likely N-dealkylation sites (N-methyl/N-ethyl adjacent to an activating group) is 1. The quantitative estimate of drug-likeness (QED) is 0.470. The lowest BCUT2D eigenvalue weighted by Gasteiger charge is -2.27. The lowest BCUT2D eigenvalue weighted by molar-refractivity contribution is 0.0682. The number of rotatable bonds is 9. The van der Waals surface area contributed by atoms with E-state index in [2.05, 4.69) is 5.10 Å². The summed E-state index contributed by atoms with van der Waals surface area (Å²) < 4.78 is 17.5. The van der Waals surface area contributed by atoms with Gasteiger partial charge in [0.25, 0.3) is 11.8 Å². The van der Waals surface area contributed by atoms with E-state index in [0.29, 0.717) is 49.8 Å². The minimum absolute atomic E-state index is 0.140. The predicted octanol–water partition coefficient (Wildman–Crippen LogP) is 2.88. The van der Waals surface area contributed by atoms with Crippen LogP contribution >= 0.6 is 0 Å². The van der Waals surface area contributed by atoms with Crippen molar-refractivity contribution >= 4 is 11.8 Å². The van der Waals surface area contributed by atoms with Crippen molar-refractivity contribution in [2.75, 3.05) is 41.5 Å². The van der Waals surface area contributed by atoms with Crippen LogP contribution in [0.1, 0.15) is 32.1 Å². The fourth-order valence-corrected chi connectivity index (χ4v) is 4.11. The zero-order valence-electron chi connectivity index (χ0n) is 20.5. The van der Waals surface area contributed by atoms with Crippen molar-refractivity contribution in [3.8, 4) is 17.2 Å². The number of aromatic nitrogens is 2. The van der Waals surface area contributed by atoms with Crippen molar-refractivity contribution in [3.63, 3.8) is 0 Å². The molecule has 0 N–H and O–H groups in total. The van der Waals surface area contributed by atoms with Crippen LogP contribution in [0.3, 0.4) is 0 Å². The molecule has 0 fully saturated rings. The molecule has 35 heavy (non-hydrogen) atoms. The predicted molar refractivity (Wildman–Crippen MR) is 130 cm³/mol. The van der Waals surface area contributed by atoms with Crippen LogP contribution < -0.4 is 14.2 Å². The highest BCUT2D eigenvalue weighted by Gasteiger charge is 2.28. The van der Waals surface area contributed by atoms with Crippen LogP contribution in [0.4, 0.5) is 0 Å². The van der Waals surface area contributed by atoms with E-state index in [1.54, 1.807) is 48.9 Å². The fraction of sp³-hybridized carbons (Fsp3) is 0.346. The molecular weight excluding hydrogens is 448 g/mol. The average molecular weight is 479 g/mol. The second-order valence-electron chi connectivity index (χ2n) is 8.38. The molecule has 0 bridgehead atoms. The maximum Gasteiger partial charge on any atom is 0.274 e. The third kappa shape index (κ3) is 5.24. The van der Waals surface area contributed by atoms with Gasteiger partial charge in [-0.2, -0.15) is 5.10 Å². The van der Waals surface area contributed by atoms with Crippen molar-refractivity contribution < 1.29 is 23.8 Å². The lowest BCUT2D eigenvalue weighted by atomic mass is 10.1. The van der Waals surface area contributed by atoms with Crippen LogP contribution in [0.15, 0.2) is 48.5 Å². The summed E-state index contributed by atoms with van der Waals surface area (Å²) >= 11 is 0. The first-order chi connectivity index (χ1) is 16.9. The van der Waals surface area contributed by atoms with Gasteiger partial charge in [-0.05, 0) is 41.8 Å². The highest BCUT2D eigenvalue weighted by Crippen LogP contribution is 2.28. The van der Waals surface area contributed by atoms with Crippen molar-refractivity contribution in [1.29, 1.82) is 0 Å². The Labute approximate surface area is 204 Å². The molecule has 0 atom stereocenters. The Hall–Kier alpha value is -4.01. The molecule has 4 rings (SSSR count). The molecule has 1 aliphatic rings. The first-order valence-corrected chi connectivity index (χ1v) is 11.4. The summed E-state index contributed by atoms with van der Waals surface area (Å²) in [4.78, 5) is 29.5. The number of carbonyl (C=O) groups is 2. The number of ether oxygens (including phenoxy) is 3. The standard InChI is InChI=1S/C26H30N4O5/c1-28(11-10-18-8-9-23(34-3)24(15-18)35-4)25(31)21-16-22-26(32)29(12-13-30(22)27-21)17-19-6-5-7-20(14-19)33-2/h5-9,14-16H,10-13,17H2,1-4H3. The molecule has 184 valence electrons. The van der Waals surface area contributed by atoms with E-state index in [0.717, 1.165) is 16.9 Å². The molecule has 0 radical (unpaired) electrons. The minimum Gasteiger partial charge on any atom is -0.497 e. The molecule has 1 aromatic heterocycles. The maximum atomic E-state index is 13.1. The van der Waals surface area contributed by atoms with Crippen LogP contribution in [-0.4, -0.2) is 72.9 Å². The van der Waals surface area contributed by atoms with Crippen LogP contribution in [0.25, 0.3) is 0 Å². The van der Waals surface area contributed by atoms with E-state index in [1.165, 1.54) is 0 Å². The molecule has 0 aliphatic carbocycles. The summed E-state index contributed by atoms with van der Waals surface area (Å²) in [6.07, 6.45) is 0.642. The van der Waals surface area contributed by atoms with E-state index < -0.39 is 0 Å². The van der Waals surface area contributed by atoms with Crippen molar-refractivity contribution in [2.45, 2.75) is 19.5 Å². The zero-order valence-corrected chi connectivity index (χ0v) is 20.5. The van der Waals surface area contributed by atoms with Gasteiger partial charge in [-0.15, -0.1) is 0 Å². The van der Waals surface area contributed by atoms with E-state index >= 15 is 0 Å². The number of amides is 2. The topological polar surface area (TPSA) is 86.1 Å². The first-order valence-electron chi connectivity index (χ1n) is 11.4. The summed E-state index contributed by atoms with van der Waals surface area (Å²) in [5, 5.41) is 4.42. The van der Waals surface area contributed by atoms with E-state index in [4.69, 9.17) is 14.2 Å². The van der Waals surface area contributed by atoms with Crippen molar-refractivity contribution in [2.24, 2.45) is 0 Å². The summed E-state index contributed by atoms with van der Waals surface area (Å²) in [6.45, 7) is 2.02. The van der Waals surface area contributed by atoms with Gasteiger partial charge >= 0.3 is 0 Å². The highest BCUT2D eigenvalue weighted by molar-refractivity contribution is 5.98. The number of methoxy groups -OCH3 is 3. The molecular formula is C26H30N4O5. The average Bonchev–Trinajstić information content (AvgIpc) is 3.33. The summed E-state index contributed by atoms with van der Waals surface area (Å²) in [5.41, 5.74) is 2.70. The molecule has 2 amide bonds. The van der Waals surface area contributed by atoms with Gasteiger partial charge in [0.2, 0.25) is 0 Å². The molecule has 9 heteroatoms.